The molecule has 0 amide bonds. The van der Waals surface area contributed by atoms with E-state index in [1.807, 2.05) is 12.1 Å². The molecule has 5 nitrogen and oxygen atoms in total. The molecule has 0 atom stereocenters. The highest BCUT2D eigenvalue weighted by Crippen LogP contribution is 2.31. The van der Waals surface area contributed by atoms with E-state index in [1.54, 1.807) is 20.1 Å². The van der Waals surface area contributed by atoms with Gasteiger partial charge in [0.1, 0.15) is 0 Å². The van der Waals surface area contributed by atoms with Gasteiger partial charge in [-0.15, -0.1) is 0 Å². The Bertz CT molecular complexity index is 393. The predicted octanol–water partition coefficient (Wildman–Crippen LogP) is 1.14. The highest BCUT2D eigenvalue weighted by molar-refractivity contribution is 5.71. The van der Waals surface area contributed by atoms with Gasteiger partial charge in [0.2, 0.25) is 0 Å². The Kier molecular flexibility index (Phi) is 6.00. The molecular formula is C13H19NO4. The van der Waals surface area contributed by atoms with Crippen LogP contribution in [-0.4, -0.2) is 32.8 Å². The molecule has 1 aromatic rings. The van der Waals surface area contributed by atoms with Gasteiger partial charge >= 0.3 is 5.97 Å². The highest BCUT2D eigenvalue weighted by atomic mass is 16.6. The normalized spacial score (nSPS) is 9.94. The molecule has 18 heavy (non-hydrogen) atoms. The largest absolute Gasteiger partial charge is 0.493 e. The van der Waals surface area contributed by atoms with E-state index in [9.17, 15) is 4.79 Å². The molecule has 0 aliphatic rings. The van der Waals surface area contributed by atoms with Crippen LogP contribution in [0.1, 0.15) is 12.5 Å². The summed E-state index contributed by atoms with van der Waals surface area (Å²) in [6.45, 7) is 2.46. The summed E-state index contributed by atoms with van der Waals surface area (Å²) in [6.07, 6.45) is 0.662. The van der Waals surface area contributed by atoms with E-state index in [2.05, 4.69) is 0 Å². The maximum atomic E-state index is 11.3. The van der Waals surface area contributed by atoms with E-state index in [1.165, 1.54) is 0 Å². The number of hydrogen-bond acceptors (Lipinski definition) is 5. The molecule has 0 bridgehead atoms. The van der Waals surface area contributed by atoms with Crippen LogP contribution in [-0.2, 0) is 16.0 Å². The molecule has 0 heterocycles. The summed E-state index contributed by atoms with van der Waals surface area (Å²) in [5.74, 6) is 0.742. The van der Waals surface area contributed by atoms with Crippen LogP contribution >= 0.6 is 0 Å². The van der Waals surface area contributed by atoms with Gasteiger partial charge in [0.05, 0.1) is 13.7 Å². The van der Waals surface area contributed by atoms with E-state index < -0.39 is 5.97 Å². The van der Waals surface area contributed by atoms with Crippen LogP contribution in [0, 0.1) is 0 Å². The average molecular weight is 253 g/mol. The number of ether oxygens (including phenoxy) is 3. The first-order chi connectivity index (χ1) is 8.72. The van der Waals surface area contributed by atoms with Crippen molar-refractivity contribution in [1.29, 1.82) is 0 Å². The van der Waals surface area contributed by atoms with Gasteiger partial charge in [-0.2, -0.15) is 0 Å². The van der Waals surface area contributed by atoms with Crippen molar-refractivity contribution in [3.05, 3.63) is 23.8 Å². The number of hydrogen-bond donors (Lipinski definition) is 1. The number of benzene rings is 1. The molecular weight excluding hydrogens is 234 g/mol. The lowest BCUT2D eigenvalue weighted by molar-refractivity contribution is -0.145. The van der Waals surface area contributed by atoms with Crippen molar-refractivity contribution in [3.8, 4) is 11.5 Å². The van der Waals surface area contributed by atoms with Crippen molar-refractivity contribution in [2.75, 3.05) is 26.9 Å². The third-order valence-electron chi connectivity index (χ3n) is 2.33. The number of carbonyl (C=O) groups is 1. The zero-order valence-corrected chi connectivity index (χ0v) is 10.8. The molecule has 1 rings (SSSR count). The fraction of sp³-hybridized carbons (Fsp3) is 0.462. The van der Waals surface area contributed by atoms with Crippen LogP contribution in [0.3, 0.4) is 0 Å². The monoisotopic (exact) mass is 253 g/mol. The summed E-state index contributed by atoms with van der Waals surface area (Å²) in [6, 6.07) is 5.54. The molecule has 0 aliphatic carbocycles. The fourth-order valence-corrected chi connectivity index (χ4v) is 1.57. The van der Waals surface area contributed by atoms with Gasteiger partial charge in [0.15, 0.2) is 18.1 Å². The summed E-state index contributed by atoms with van der Waals surface area (Å²) in [4.78, 5) is 11.3. The number of esters is 1. The SMILES string of the molecule is CCOC(=O)COc1c(CCN)cccc1OC. The molecule has 0 aliphatic heterocycles. The molecule has 0 saturated heterocycles. The Morgan fingerprint density at radius 2 is 2.17 bits per heavy atom. The fourth-order valence-electron chi connectivity index (χ4n) is 1.57. The maximum absolute atomic E-state index is 11.3. The Labute approximate surface area is 107 Å². The van der Waals surface area contributed by atoms with E-state index in [-0.39, 0.29) is 6.61 Å². The summed E-state index contributed by atoms with van der Waals surface area (Å²) in [7, 11) is 1.55. The summed E-state index contributed by atoms with van der Waals surface area (Å²) in [5.41, 5.74) is 6.45. The van der Waals surface area contributed by atoms with Gasteiger partial charge in [-0.25, -0.2) is 4.79 Å². The van der Waals surface area contributed by atoms with Gasteiger partial charge < -0.3 is 19.9 Å². The van der Waals surface area contributed by atoms with Crippen LogP contribution < -0.4 is 15.2 Å². The molecule has 0 fully saturated rings. The van der Waals surface area contributed by atoms with Gasteiger partial charge in [0, 0.05) is 0 Å². The van der Waals surface area contributed by atoms with E-state index in [0.29, 0.717) is 31.1 Å². The Balaban J connectivity index is 2.80. The smallest absolute Gasteiger partial charge is 0.344 e. The minimum atomic E-state index is -0.401. The van der Waals surface area contributed by atoms with Crippen molar-refractivity contribution in [2.45, 2.75) is 13.3 Å². The number of nitrogens with two attached hydrogens (primary N) is 1. The third-order valence-corrected chi connectivity index (χ3v) is 2.33. The topological polar surface area (TPSA) is 70.8 Å². The summed E-state index contributed by atoms with van der Waals surface area (Å²) < 4.78 is 15.5. The van der Waals surface area contributed by atoms with E-state index in [4.69, 9.17) is 19.9 Å². The Hall–Kier alpha value is -1.75. The molecule has 0 unspecified atom stereocenters. The molecule has 0 spiro atoms. The highest BCUT2D eigenvalue weighted by Gasteiger charge is 2.12. The second-order valence-corrected chi connectivity index (χ2v) is 3.58. The molecule has 1 aromatic carbocycles. The van der Waals surface area contributed by atoms with Gasteiger partial charge in [-0.05, 0) is 31.5 Å². The second-order valence-electron chi connectivity index (χ2n) is 3.58. The molecule has 100 valence electrons. The van der Waals surface area contributed by atoms with Crippen LogP contribution in [0.2, 0.25) is 0 Å². The van der Waals surface area contributed by atoms with Crippen molar-refractivity contribution < 1.29 is 19.0 Å². The van der Waals surface area contributed by atoms with Gasteiger partial charge in [0.25, 0.3) is 0 Å². The molecule has 0 saturated carbocycles. The Morgan fingerprint density at radius 1 is 1.39 bits per heavy atom. The number of carbonyl (C=O) groups excluding carboxylic acids is 1. The number of para-hydroxylation sites is 1. The minimum absolute atomic E-state index is 0.133. The molecule has 5 heteroatoms. The van der Waals surface area contributed by atoms with E-state index in [0.717, 1.165) is 5.56 Å². The summed E-state index contributed by atoms with van der Waals surface area (Å²) in [5, 5.41) is 0. The Morgan fingerprint density at radius 3 is 2.78 bits per heavy atom. The first-order valence-electron chi connectivity index (χ1n) is 5.87. The minimum Gasteiger partial charge on any atom is -0.493 e. The average Bonchev–Trinajstić information content (AvgIpc) is 2.37. The number of methoxy groups -OCH3 is 1. The van der Waals surface area contributed by atoms with Crippen LogP contribution in [0.5, 0.6) is 11.5 Å². The first-order valence-corrected chi connectivity index (χ1v) is 5.87. The van der Waals surface area contributed by atoms with Gasteiger partial charge in [-0.1, -0.05) is 12.1 Å². The molecule has 0 aromatic heterocycles. The predicted molar refractivity (Wildman–Crippen MR) is 67.9 cm³/mol. The molecule has 2 N–H and O–H groups in total. The lowest BCUT2D eigenvalue weighted by Gasteiger charge is -2.14. The lowest BCUT2D eigenvalue weighted by Crippen LogP contribution is -2.16. The van der Waals surface area contributed by atoms with Crippen molar-refractivity contribution in [3.63, 3.8) is 0 Å². The first kappa shape index (κ1) is 14.3. The van der Waals surface area contributed by atoms with Crippen molar-refractivity contribution >= 4 is 5.97 Å². The maximum Gasteiger partial charge on any atom is 0.344 e. The number of rotatable bonds is 7. The van der Waals surface area contributed by atoms with Crippen LogP contribution in [0.15, 0.2) is 18.2 Å². The quantitative estimate of drug-likeness (QED) is 0.738. The van der Waals surface area contributed by atoms with Gasteiger partial charge in [-0.3, -0.25) is 0 Å². The van der Waals surface area contributed by atoms with Crippen LogP contribution in [0.25, 0.3) is 0 Å². The van der Waals surface area contributed by atoms with Crippen molar-refractivity contribution in [2.24, 2.45) is 5.73 Å². The van der Waals surface area contributed by atoms with Crippen LogP contribution in [0.4, 0.5) is 0 Å². The van der Waals surface area contributed by atoms with Crippen molar-refractivity contribution in [1.82, 2.24) is 0 Å². The second kappa shape index (κ2) is 7.55. The standard InChI is InChI=1S/C13H19NO4/c1-3-17-12(15)9-18-13-10(7-8-14)5-4-6-11(13)16-2/h4-6H,3,7-9,14H2,1-2H3. The molecule has 0 radical (unpaired) electrons. The van der Waals surface area contributed by atoms with E-state index >= 15 is 0 Å². The lowest BCUT2D eigenvalue weighted by atomic mass is 10.1. The summed E-state index contributed by atoms with van der Waals surface area (Å²) >= 11 is 0. The zero-order chi connectivity index (χ0) is 13.4. The third kappa shape index (κ3) is 3.92. The zero-order valence-electron chi connectivity index (χ0n) is 10.8.